The van der Waals surface area contributed by atoms with E-state index >= 15 is 0 Å². The predicted molar refractivity (Wildman–Crippen MR) is 157 cm³/mol. The first-order valence-electron chi connectivity index (χ1n) is 13.4. The maximum atomic E-state index is 13.6. The molecule has 0 radical (unpaired) electrons. The number of rotatable bonds is 7. The molecule has 0 aliphatic carbocycles. The van der Waals surface area contributed by atoms with E-state index in [0.29, 0.717) is 13.0 Å². The number of imide groups is 1. The molecule has 1 fully saturated rings. The van der Waals surface area contributed by atoms with Crippen LogP contribution in [0.4, 0.5) is 4.79 Å². The van der Waals surface area contributed by atoms with Gasteiger partial charge in [0, 0.05) is 0 Å². The first-order chi connectivity index (χ1) is 17.1. The average molecular weight is 630 g/mol. The third-order valence-corrected chi connectivity index (χ3v) is 16.8. The van der Waals surface area contributed by atoms with Gasteiger partial charge in [-0.25, -0.2) is 0 Å². The first kappa shape index (κ1) is 29.9. The van der Waals surface area contributed by atoms with Crippen molar-refractivity contribution in [3.63, 3.8) is 0 Å². The van der Waals surface area contributed by atoms with Crippen molar-refractivity contribution in [3.05, 3.63) is 60.7 Å². The molecule has 2 atom stereocenters. The van der Waals surface area contributed by atoms with Crippen molar-refractivity contribution < 1.29 is 18.8 Å². The van der Waals surface area contributed by atoms with Crippen molar-refractivity contribution in [1.82, 2.24) is 4.90 Å². The predicted octanol–water partition coefficient (Wildman–Crippen LogP) is 6.05. The van der Waals surface area contributed by atoms with Gasteiger partial charge in [0.05, 0.1) is 0 Å². The minimum absolute atomic E-state index is 0.100. The van der Waals surface area contributed by atoms with Gasteiger partial charge in [0.2, 0.25) is 0 Å². The Balaban J connectivity index is 2.03. The summed E-state index contributed by atoms with van der Waals surface area (Å²) in [5.74, 6) is -0.243. The summed E-state index contributed by atoms with van der Waals surface area (Å²) in [6.45, 7) is 12.5. The zero-order valence-electron chi connectivity index (χ0n) is 24.1. The number of hydrogen-bond acceptors (Lipinski definition) is 4. The molecule has 1 heterocycles. The van der Waals surface area contributed by atoms with Gasteiger partial charge in [-0.15, -0.1) is 0 Å². The Morgan fingerprint density at radius 3 is 1.81 bits per heavy atom. The number of hydrogen-bond donors (Lipinski definition) is 0. The third kappa shape index (κ3) is 7.06. The van der Waals surface area contributed by atoms with Crippen LogP contribution in [-0.4, -0.2) is 61.8 Å². The van der Waals surface area contributed by atoms with E-state index in [0.717, 1.165) is 4.44 Å². The van der Waals surface area contributed by atoms with Gasteiger partial charge in [-0.3, -0.25) is 0 Å². The van der Waals surface area contributed by atoms with E-state index in [4.69, 9.17) is 9.16 Å². The van der Waals surface area contributed by atoms with Crippen LogP contribution in [0.5, 0.6) is 0 Å². The van der Waals surface area contributed by atoms with Gasteiger partial charge in [0.25, 0.3) is 0 Å². The van der Waals surface area contributed by atoms with Crippen molar-refractivity contribution in [2.45, 2.75) is 83.9 Å². The summed E-state index contributed by atoms with van der Waals surface area (Å²) in [6, 6.07) is 20.6. The molecule has 202 valence electrons. The molecule has 3 rings (SSSR count). The summed E-state index contributed by atoms with van der Waals surface area (Å²) in [7, 11) is -2.80. The second-order valence-corrected chi connectivity index (χ2v) is 33.6. The van der Waals surface area contributed by atoms with E-state index in [1.54, 1.807) is 0 Å². The summed E-state index contributed by atoms with van der Waals surface area (Å²) in [4.78, 5) is 35.3. The van der Waals surface area contributed by atoms with Crippen LogP contribution in [0.3, 0.4) is 0 Å². The Bertz CT molecular complexity index is 1030. The maximum absolute atomic E-state index is 13.6. The summed E-state index contributed by atoms with van der Waals surface area (Å²) in [6.07, 6.45) is 0.0740. The fourth-order valence-electron chi connectivity index (χ4n) is 5.50. The van der Waals surface area contributed by atoms with Crippen LogP contribution >= 0.6 is 0 Å². The number of carbonyl (C=O) groups excluding carboxylic acids is 2. The molecule has 0 saturated carbocycles. The van der Waals surface area contributed by atoms with Crippen molar-refractivity contribution in [3.8, 4) is 0 Å². The second kappa shape index (κ2) is 11.2. The summed E-state index contributed by atoms with van der Waals surface area (Å²) in [5, 5.41) is 2.18. The molecule has 2 aromatic rings. The Morgan fingerprint density at radius 2 is 1.41 bits per heavy atom. The molecule has 1 unspecified atom stereocenters. The summed E-state index contributed by atoms with van der Waals surface area (Å²) >= 11 is -2.30. The zero-order chi connectivity index (χ0) is 27.6. The zero-order valence-corrected chi connectivity index (χ0v) is 28.0. The van der Waals surface area contributed by atoms with Crippen molar-refractivity contribution in [2.24, 2.45) is 5.92 Å². The number of amides is 2. The number of likely N-dealkylation sites (tertiary alicyclic amines) is 1. The third-order valence-electron chi connectivity index (χ3n) is 6.87. The molecule has 0 bridgehead atoms. The van der Waals surface area contributed by atoms with Gasteiger partial charge < -0.3 is 0 Å². The SMILES string of the molecule is CC(C)(C)OC(=O)N1C(=O)C([CH2][Sn]([CH3])([CH3])[CH3])C[C@@H]1CO[Si](c1ccccc1)(c1ccccc1)C(C)(C)C. The van der Waals surface area contributed by atoms with Crippen LogP contribution in [0, 0.1) is 5.92 Å². The van der Waals surface area contributed by atoms with Crippen LogP contribution < -0.4 is 10.4 Å². The van der Waals surface area contributed by atoms with E-state index in [-0.39, 0.29) is 22.9 Å². The van der Waals surface area contributed by atoms with Crippen LogP contribution in [0.1, 0.15) is 48.0 Å². The summed E-state index contributed by atoms with van der Waals surface area (Å²) < 4.78 is 13.8. The summed E-state index contributed by atoms with van der Waals surface area (Å²) in [5.41, 5.74) is -0.678. The standard InChI is InChI=1S/C27H36NO4Si.3CH3.Sn/c1-20-18-21(28(24(20)29)25(30)32-26(2,3)4)19-31-33(27(5,6)7,22-14-10-8-11-15-22)23-16-12-9-13-17-23;;;;/h8-17,20-21H,1,18-19H2,2-7H3;3*1H3;/t20?,21-;;;;/m1..../s1. The normalized spacial score (nSPS) is 19.3. The van der Waals surface area contributed by atoms with E-state index in [1.165, 1.54) is 15.3 Å². The monoisotopic (exact) mass is 631 g/mol. The van der Waals surface area contributed by atoms with Crippen LogP contribution in [0.15, 0.2) is 60.7 Å². The molecule has 5 nitrogen and oxygen atoms in total. The topological polar surface area (TPSA) is 55.8 Å². The molecule has 37 heavy (non-hydrogen) atoms. The first-order valence-corrected chi connectivity index (χ1v) is 25.9. The Morgan fingerprint density at radius 1 is 0.919 bits per heavy atom. The van der Waals surface area contributed by atoms with E-state index in [2.05, 4.69) is 84.1 Å². The van der Waals surface area contributed by atoms with Gasteiger partial charge in [0.15, 0.2) is 0 Å². The molecule has 0 N–H and O–H groups in total. The average Bonchev–Trinajstić information content (AvgIpc) is 3.07. The fraction of sp³-hybridized carbons (Fsp3) is 0.533. The molecule has 1 aliphatic rings. The van der Waals surface area contributed by atoms with E-state index in [9.17, 15) is 9.59 Å². The van der Waals surface area contributed by atoms with Crippen LogP contribution in [-0.2, 0) is 14.0 Å². The molecule has 0 spiro atoms. The molecular formula is C30H45NO4SiSn. The van der Waals surface area contributed by atoms with Crippen molar-refractivity contribution >= 4 is 49.1 Å². The van der Waals surface area contributed by atoms with Gasteiger partial charge in [-0.1, -0.05) is 0 Å². The molecule has 2 amide bonds. The number of benzene rings is 2. The molecule has 0 aromatic heterocycles. The Hall–Kier alpha value is -1.64. The second-order valence-electron chi connectivity index (χ2n) is 13.5. The van der Waals surface area contributed by atoms with E-state index < -0.39 is 38.4 Å². The quantitative estimate of drug-likeness (QED) is 0.350. The van der Waals surface area contributed by atoms with Crippen molar-refractivity contribution in [1.29, 1.82) is 0 Å². The van der Waals surface area contributed by atoms with Gasteiger partial charge in [0.1, 0.15) is 0 Å². The number of carbonyl (C=O) groups is 2. The van der Waals surface area contributed by atoms with Crippen molar-refractivity contribution in [2.75, 3.05) is 6.61 Å². The van der Waals surface area contributed by atoms with Crippen LogP contribution in [0.25, 0.3) is 0 Å². The molecule has 1 aliphatic heterocycles. The van der Waals surface area contributed by atoms with Crippen LogP contribution in [0.2, 0.25) is 24.3 Å². The van der Waals surface area contributed by atoms with Gasteiger partial charge in [-0.05, 0) is 0 Å². The number of nitrogens with zero attached hydrogens (tertiary/aromatic N) is 1. The molecule has 7 heteroatoms. The molecule has 1 saturated heterocycles. The molecule has 2 aromatic carbocycles. The Labute approximate surface area is 228 Å². The van der Waals surface area contributed by atoms with E-state index in [1.807, 2.05) is 32.9 Å². The van der Waals surface area contributed by atoms with Gasteiger partial charge >= 0.3 is 230 Å². The fourth-order valence-corrected chi connectivity index (χ4v) is 15.3. The Kier molecular flexibility index (Phi) is 9.07. The molecular weight excluding hydrogens is 585 g/mol. The number of ether oxygens (including phenoxy) is 1. The van der Waals surface area contributed by atoms with Gasteiger partial charge in [-0.2, -0.15) is 0 Å². The minimum atomic E-state index is -2.80.